The van der Waals surface area contributed by atoms with E-state index in [1.165, 1.54) is 18.2 Å². The van der Waals surface area contributed by atoms with Gasteiger partial charge in [-0.3, -0.25) is 0 Å². The number of hydrogen-bond acceptors (Lipinski definition) is 1. The van der Waals surface area contributed by atoms with E-state index in [4.69, 9.17) is 0 Å². The Labute approximate surface area is 83.1 Å². The molecule has 0 saturated heterocycles. The molecule has 1 N–H and O–H groups in total. The average Bonchev–Trinajstić information content (AvgIpc) is 2.16. The molecular weight excluding hydrogens is 184 g/mol. The van der Waals surface area contributed by atoms with Gasteiger partial charge in [0, 0.05) is 11.6 Å². The number of rotatable bonds is 4. The first-order valence-electron chi connectivity index (χ1n) is 4.81. The van der Waals surface area contributed by atoms with Crippen molar-refractivity contribution in [3.05, 3.63) is 35.4 Å². The summed E-state index contributed by atoms with van der Waals surface area (Å²) in [4.78, 5) is 0. The van der Waals surface area contributed by atoms with Gasteiger partial charge in [-0.05, 0) is 25.6 Å². The third-order valence-corrected chi connectivity index (χ3v) is 2.27. The number of nitrogens with one attached hydrogen (secondary N) is 1. The van der Waals surface area contributed by atoms with Crippen molar-refractivity contribution in [2.24, 2.45) is 0 Å². The highest BCUT2D eigenvalue weighted by molar-refractivity contribution is 5.23. The van der Waals surface area contributed by atoms with Crippen molar-refractivity contribution in [3.8, 4) is 0 Å². The van der Waals surface area contributed by atoms with Crippen molar-refractivity contribution in [3.63, 3.8) is 0 Å². The predicted molar refractivity (Wildman–Crippen MR) is 53.1 cm³/mol. The second-order valence-electron chi connectivity index (χ2n) is 3.27. The molecule has 0 bridgehead atoms. The molecule has 1 atom stereocenters. The zero-order chi connectivity index (χ0) is 10.6. The van der Waals surface area contributed by atoms with Crippen LogP contribution in [0.15, 0.2) is 18.2 Å². The van der Waals surface area contributed by atoms with E-state index in [0.29, 0.717) is 0 Å². The quantitative estimate of drug-likeness (QED) is 0.786. The average molecular weight is 199 g/mol. The van der Waals surface area contributed by atoms with Crippen LogP contribution in [0.5, 0.6) is 0 Å². The first-order valence-corrected chi connectivity index (χ1v) is 4.81. The van der Waals surface area contributed by atoms with Crippen molar-refractivity contribution in [2.75, 3.05) is 7.05 Å². The van der Waals surface area contributed by atoms with Gasteiger partial charge in [-0.15, -0.1) is 0 Å². The monoisotopic (exact) mass is 199 g/mol. The molecule has 0 radical (unpaired) electrons. The smallest absolute Gasteiger partial charge is 0.130 e. The third-order valence-electron chi connectivity index (χ3n) is 2.27. The number of benzene rings is 1. The Hall–Kier alpha value is -0.960. The van der Waals surface area contributed by atoms with Crippen molar-refractivity contribution >= 4 is 0 Å². The lowest BCUT2D eigenvalue weighted by Gasteiger charge is -2.16. The Bertz CT molecular complexity index is 279. The second-order valence-corrected chi connectivity index (χ2v) is 3.27. The first kappa shape index (κ1) is 11.1. The van der Waals surface area contributed by atoms with Gasteiger partial charge in [0.2, 0.25) is 0 Å². The normalized spacial score (nSPS) is 12.9. The van der Waals surface area contributed by atoms with Crippen LogP contribution in [0.1, 0.15) is 31.4 Å². The number of hydrogen-bond donors (Lipinski definition) is 1. The second kappa shape index (κ2) is 5.05. The molecule has 0 fully saturated rings. The summed E-state index contributed by atoms with van der Waals surface area (Å²) in [5.74, 6) is -0.949. The van der Waals surface area contributed by atoms with E-state index in [-0.39, 0.29) is 11.6 Å². The minimum atomic E-state index is -0.474. The summed E-state index contributed by atoms with van der Waals surface area (Å²) < 4.78 is 26.7. The highest BCUT2D eigenvalue weighted by Crippen LogP contribution is 2.23. The van der Waals surface area contributed by atoms with Crippen molar-refractivity contribution in [2.45, 2.75) is 25.8 Å². The molecule has 14 heavy (non-hydrogen) atoms. The van der Waals surface area contributed by atoms with Crippen LogP contribution in [0.25, 0.3) is 0 Å². The standard InChI is InChI=1S/C11H15F2N/c1-3-5-10(14-2)11-8(12)6-4-7-9(11)13/h4,6-7,10,14H,3,5H2,1-2H3/t10-/m1/s1. The fraction of sp³-hybridized carbons (Fsp3) is 0.455. The summed E-state index contributed by atoms with van der Waals surface area (Å²) in [7, 11) is 1.71. The van der Waals surface area contributed by atoms with Crippen LogP contribution < -0.4 is 5.32 Å². The molecule has 1 aromatic carbocycles. The van der Waals surface area contributed by atoms with Gasteiger partial charge in [0.05, 0.1) is 0 Å². The van der Waals surface area contributed by atoms with Crippen LogP contribution in [0.2, 0.25) is 0 Å². The Morgan fingerprint density at radius 2 is 1.86 bits per heavy atom. The number of halogens is 2. The van der Waals surface area contributed by atoms with E-state index in [1.807, 2.05) is 6.92 Å². The highest BCUT2D eigenvalue weighted by atomic mass is 19.1. The van der Waals surface area contributed by atoms with E-state index in [0.717, 1.165) is 12.8 Å². The van der Waals surface area contributed by atoms with Gasteiger partial charge < -0.3 is 5.32 Å². The zero-order valence-electron chi connectivity index (χ0n) is 8.48. The minimum absolute atomic E-state index is 0.150. The summed E-state index contributed by atoms with van der Waals surface area (Å²) in [6.07, 6.45) is 1.62. The Morgan fingerprint density at radius 1 is 1.29 bits per heavy atom. The Morgan fingerprint density at radius 3 is 2.29 bits per heavy atom. The third kappa shape index (κ3) is 2.29. The molecule has 0 aliphatic carbocycles. The van der Waals surface area contributed by atoms with Gasteiger partial charge >= 0.3 is 0 Å². The molecule has 1 aromatic rings. The summed E-state index contributed by atoms with van der Waals surface area (Å²) in [6, 6.07) is 3.73. The Balaban J connectivity index is 3.02. The van der Waals surface area contributed by atoms with Gasteiger partial charge in [-0.1, -0.05) is 19.4 Å². The molecule has 0 aliphatic heterocycles. The maximum atomic E-state index is 13.3. The lowest BCUT2D eigenvalue weighted by molar-refractivity contribution is 0.468. The van der Waals surface area contributed by atoms with Crippen molar-refractivity contribution in [1.29, 1.82) is 0 Å². The zero-order valence-corrected chi connectivity index (χ0v) is 8.48. The molecule has 78 valence electrons. The molecule has 1 rings (SSSR count). The van der Waals surface area contributed by atoms with Gasteiger partial charge in [-0.2, -0.15) is 0 Å². The highest BCUT2D eigenvalue weighted by Gasteiger charge is 2.17. The van der Waals surface area contributed by atoms with Crippen LogP contribution >= 0.6 is 0 Å². The summed E-state index contributed by atoms with van der Waals surface area (Å²) >= 11 is 0. The molecule has 3 heteroatoms. The first-order chi connectivity index (χ1) is 6.70. The fourth-order valence-electron chi connectivity index (χ4n) is 1.57. The maximum absolute atomic E-state index is 13.3. The van der Waals surface area contributed by atoms with Crippen molar-refractivity contribution < 1.29 is 8.78 Å². The van der Waals surface area contributed by atoms with Gasteiger partial charge in [-0.25, -0.2) is 8.78 Å². The molecule has 0 amide bonds. The van der Waals surface area contributed by atoms with Crippen LogP contribution in [0.3, 0.4) is 0 Å². The van der Waals surface area contributed by atoms with Gasteiger partial charge in [0.1, 0.15) is 11.6 Å². The van der Waals surface area contributed by atoms with Crippen molar-refractivity contribution in [1.82, 2.24) is 5.32 Å². The molecule has 1 nitrogen and oxygen atoms in total. The summed E-state index contributed by atoms with van der Waals surface area (Å²) in [5.41, 5.74) is 0.150. The van der Waals surface area contributed by atoms with E-state index in [2.05, 4.69) is 5.32 Å². The van der Waals surface area contributed by atoms with Crippen LogP contribution in [0, 0.1) is 11.6 Å². The summed E-state index contributed by atoms with van der Waals surface area (Å²) in [6.45, 7) is 1.99. The molecule has 0 heterocycles. The summed E-state index contributed by atoms with van der Waals surface area (Å²) in [5, 5.41) is 2.92. The largest absolute Gasteiger partial charge is 0.313 e. The molecular formula is C11H15F2N. The van der Waals surface area contributed by atoms with E-state index >= 15 is 0 Å². The molecule has 0 spiro atoms. The fourth-order valence-corrected chi connectivity index (χ4v) is 1.57. The lowest BCUT2D eigenvalue weighted by Crippen LogP contribution is -2.18. The molecule has 0 saturated carbocycles. The van der Waals surface area contributed by atoms with Gasteiger partial charge in [0.15, 0.2) is 0 Å². The van der Waals surface area contributed by atoms with Crippen LogP contribution in [-0.2, 0) is 0 Å². The maximum Gasteiger partial charge on any atom is 0.130 e. The minimum Gasteiger partial charge on any atom is -0.313 e. The molecule has 0 aromatic heterocycles. The van der Waals surface area contributed by atoms with E-state index < -0.39 is 11.6 Å². The van der Waals surface area contributed by atoms with Crippen LogP contribution in [0.4, 0.5) is 8.78 Å². The van der Waals surface area contributed by atoms with E-state index in [1.54, 1.807) is 7.05 Å². The topological polar surface area (TPSA) is 12.0 Å². The predicted octanol–water partition coefficient (Wildman–Crippen LogP) is 3.03. The Kier molecular flexibility index (Phi) is 4.01. The SMILES string of the molecule is CCC[C@@H](NC)c1c(F)cccc1F. The molecule has 0 unspecified atom stereocenters. The molecule has 0 aliphatic rings. The van der Waals surface area contributed by atoms with Crippen LogP contribution in [-0.4, -0.2) is 7.05 Å². The van der Waals surface area contributed by atoms with Gasteiger partial charge in [0.25, 0.3) is 0 Å². The lowest BCUT2D eigenvalue weighted by atomic mass is 10.0. The van der Waals surface area contributed by atoms with E-state index in [9.17, 15) is 8.78 Å².